The number of aromatic nitrogens is 2. The second kappa shape index (κ2) is 4.94. The maximum atomic E-state index is 5.72. The predicted octanol–water partition coefficient (Wildman–Crippen LogP) is 2.78. The van der Waals surface area contributed by atoms with Crippen LogP contribution in [0.2, 0.25) is 0 Å². The van der Waals surface area contributed by atoms with Crippen molar-refractivity contribution in [2.75, 3.05) is 11.4 Å². The summed E-state index contributed by atoms with van der Waals surface area (Å²) in [6, 6.07) is 8.57. The van der Waals surface area contributed by atoms with E-state index < -0.39 is 0 Å². The van der Waals surface area contributed by atoms with Crippen molar-refractivity contribution in [1.82, 2.24) is 9.97 Å². The summed E-state index contributed by atoms with van der Waals surface area (Å²) in [4.78, 5) is 11.0. The molecule has 0 atom stereocenters. The van der Waals surface area contributed by atoms with Crippen molar-refractivity contribution in [1.29, 1.82) is 0 Å². The lowest BCUT2D eigenvalue weighted by atomic mass is 10.0. The molecule has 0 radical (unpaired) electrons. The van der Waals surface area contributed by atoms with E-state index in [2.05, 4.69) is 39.1 Å². The zero-order valence-electron chi connectivity index (χ0n) is 10.0. The van der Waals surface area contributed by atoms with Crippen LogP contribution in [0, 0.1) is 0 Å². The second-order valence-electron chi connectivity index (χ2n) is 4.44. The number of rotatable bonds is 2. The smallest absolute Gasteiger partial charge is 0.147 e. The van der Waals surface area contributed by atoms with Gasteiger partial charge in [0.2, 0.25) is 0 Å². The minimum absolute atomic E-state index is 0.413. The van der Waals surface area contributed by atoms with E-state index >= 15 is 0 Å². The van der Waals surface area contributed by atoms with Crippen molar-refractivity contribution in [2.45, 2.75) is 18.8 Å². The molecule has 3 rings (SSSR count). The highest BCUT2D eigenvalue weighted by Gasteiger charge is 2.16. The van der Waals surface area contributed by atoms with Crippen LogP contribution in [0.4, 0.5) is 5.82 Å². The summed E-state index contributed by atoms with van der Waals surface area (Å²) in [6.45, 7) is 1.90. The van der Waals surface area contributed by atoms with Gasteiger partial charge < -0.3 is 4.90 Å². The molecule has 18 heavy (non-hydrogen) atoms. The Balaban J connectivity index is 1.82. The first-order valence-electron chi connectivity index (χ1n) is 6.05. The summed E-state index contributed by atoms with van der Waals surface area (Å²) >= 11 is 5.72. The van der Waals surface area contributed by atoms with Crippen LogP contribution >= 0.6 is 11.6 Å². The van der Waals surface area contributed by atoms with Gasteiger partial charge in [-0.15, -0.1) is 11.6 Å². The van der Waals surface area contributed by atoms with Gasteiger partial charge in [-0.05, 0) is 17.5 Å². The number of halogens is 1. The predicted molar refractivity (Wildman–Crippen MR) is 72.8 cm³/mol. The SMILES string of the molecule is ClCc1cnc(N2CCc3ccccc3C2)cn1. The molecule has 2 aromatic rings. The number of hydrogen-bond acceptors (Lipinski definition) is 3. The summed E-state index contributed by atoms with van der Waals surface area (Å²) in [5, 5.41) is 0. The molecule has 1 aliphatic heterocycles. The standard InChI is InChI=1S/C14H14ClN3/c15-7-13-8-17-14(9-16-13)18-6-5-11-3-1-2-4-12(11)10-18/h1-4,8-9H,5-7,10H2. The van der Waals surface area contributed by atoms with Crippen LogP contribution in [-0.2, 0) is 18.8 Å². The Morgan fingerprint density at radius 1 is 1.11 bits per heavy atom. The Morgan fingerprint density at radius 2 is 1.94 bits per heavy atom. The van der Waals surface area contributed by atoms with Gasteiger partial charge in [0.1, 0.15) is 5.82 Å². The van der Waals surface area contributed by atoms with Crippen LogP contribution < -0.4 is 4.90 Å². The molecule has 0 bridgehead atoms. The monoisotopic (exact) mass is 259 g/mol. The molecular weight excluding hydrogens is 246 g/mol. The molecule has 0 spiro atoms. The minimum atomic E-state index is 0.413. The molecule has 0 fully saturated rings. The van der Waals surface area contributed by atoms with Crippen molar-refractivity contribution < 1.29 is 0 Å². The molecule has 0 saturated carbocycles. The van der Waals surface area contributed by atoms with Gasteiger partial charge in [-0.2, -0.15) is 0 Å². The van der Waals surface area contributed by atoms with E-state index in [1.807, 2.05) is 6.20 Å². The Hall–Kier alpha value is -1.61. The molecule has 1 aromatic heterocycles. The van der Waals surface area contributed by atoms with E-state index in [1.165, 1.54) is 11.1 Å². The van der Waals surface area contributed by atoms with Gasteiger partial charge in [0.15, 0.2) is 0 Å². The van der Waals surface area contributed by atoms with Gasteiger partial charge in [-0.1, -0.05) is 24.3 Å². The Morgan fingerprint density at radius 3 is 2.67 bits per heavy atom. The highest BCUT2D eigenvalue weighted by molar-refractivity contribution is 6.16. The zero-order chi connectivity index (χ0) is 12.4. The van der Waals surface area contributed by atoms with Gasteiger partial charge in [-0.3, -0.25) is 4.98 Å². The van der Waals surface area contributed by atoms with E-state index in [4.69, 9.17) is 11.6 Å². The topological polar surface area (TPSA) is 29.0 Å². The fourth-order valence-corrected chi connectivity index (χ4v) is 2.41. The fraction of sp³-hybridized carbons (Fsp3) is 0.286. The zero-order valence-corrected chi connectivity index (χ0v) is 10.8. The van der Waals surface area contributed by atoms with Crippen LogP contribution in [0.25, 0.3) is 0 Å². The third-order valence-electron chi connectivity index (χ3n) is 3.28. The summed E-state index contributed by atoms with van der Waals surface area (Å²) in [7, 11) is 0. The summed E-state index contributed by atoms with van der Waals surface area (Å²) in [5.41, 5.74) is 3.64. The molecule has 0 N–H and O–H groups in total. The highest BCUT2D eigenvalue weighted by atomic mass is 35.5. The van der Waals surface area contributed by atoms with Crippen molar-refractivity contribution in [3.8, 4) is 0 Å². The lowest BCUT2D eigenvalue weighted by molar-refractivity contribution is 0.717. The lowest BCUT2D eigenvalue weighted by Crippen LogP contribution is -2.31. The number of benzene rings is 1. The largest absolute Gasteiger partial charge is 0.351 e. The van der Waals surface area contributed by atoms with Gasteiger partial charge in [0.25, 0.3) is 0 Å². The number of nitrogens with zero attached hydrogens (tertiary/aromatic N) is 3. The molecule has 1 aromatic carbocycles. The molecule has 92 valence electrons. The molecule has 0 amide bonds. The molecule has 1 aliphatic rings. The number of anilines is 1. The van der Waals surface area contributed by atoms with Gasteiger partial charge >= 0.3 is 0 Å². The first-order chi connectivity index (χ1) is 8.86. The quantitative estimate of drug-likeness (QED) is 0.777. The van der Waals surface area contributed by atoms with Gasteiger partial charge in [0.05, 0.1) is 24.0 Å². The number of fused-ring (bicyclic) bond motifs is 1. The maximum Gasteiger partial charge on any atom is 0.147 e. The molecule has 0 saturated heterocycles. The maximum absolute atomic E-state index is 5.72. The highest BCUT2D eigenvalue weighted by Crippen LogP contribution is 2.22. The van der Waals surface area contributed by atoms with Crippen molar-refractivity contribution in [3.63, 3.8) is 0 Å². The third-order valence-corrected chi connectivity index (χ3v) is 3.56. The normalized spacial score (nSPS) is 14.4. The Labute approximate surface area is 111 Å². The number of hydrogen-bond donors (Lipinski definition) is 0. The van der Waals surface area contributed by atoms with E-state index in [-0.39, 0.29) is 0 Å². The second-order valence-corrected chi connectivity index (χ2v) is 4.71. The van der Waals surface area contributed by atoms with Crippen LogP contribution in [0.5, 0.6) is 0 Å². The van der Waals surface area contributed by atoms with Crippen LogP contribution in [-0.4, -0.2) is 16.5 Å². The van der Waals surface area contributed by atoms with E-state index in [9.17, 15) is 0 Å². The van der Waals surface area contributed by atoms with Crippen molar-refractivity contribution >= 4 is 17.4 Å². The summed E-state index contributed by atoms with van der Waals surface area (Å²) in [6.07, 6.45) is 4.63. The number of alkyl halides is 1. The van der Waals surface area contributed by atoms with Crippen molar-refractivity contribution in [3.05, 3.63) is 53.5 Å². The summed E-state index contributed by atoms with van der Waals surface area (Å²) < 4.78 is 0. The Kier molecular flexibility index (Phi) is 3.15. The molecule has 0 unspecified atom stereocenters. The summed E-state index contributed by atoms with van der Waals surface area (Å²) in [5.74, 6) is 1.34. The van der Waals surface area contributed by atoms with Gasteiger partial charge in [0, 0.05) is 13.1 Å². The lowest BCUT2D eigenvalue weighted by Gasteiger charge is -2.29. The average molecular weight is 260 g/mol. The molecule has 4 heteroatoms. The van der Waals surface area contributed by atoms with Crippen LogP contribution in [0.3, 0.4) is 0 Å². The fourth-order valence-electron chi connectivity index (χ4n) is 2.27. The molecule has 0 aliphatic carbocycles. The van der Waals surface area contributed by atoms with Gasteiger partial charge in [-0.25, -0.2) is 4.98 Å². The van der Waals surface area contributed by atoms with Crippen LogP contribution in [0.1, 0.15) is 16.8 Å². The molecule has 3 nitrogen and oxygen atoms in total. The minimum Gasteiger partial charge on any atom is -0.351 e. The van der Waals surface area contributed by atoms with E-state index in [0.717, 1.165) is 31.0 Å². The van der Waals surface area contributed by atoms with E-state index in [1.54, 1.807) is 6.20 Å². The first kappa shape index (κ1) is 11.5. The third kappa shape index (κ3) is 2.18. The van der Waals surface area contributed by atoms with Crippen LogP contribution in [0.15, 0.2) is 36.7 Å². The van der Waals surface area contributed by atoms with Crippen molar-refractivity contribution in [2.24, 2.45) is 0 Å². The first-order valence-corrected chi connectivity index (χ1v) is 6.59. The molecule has 2 heterocycles. The Bertz CT molecular complexity index is 539. The van der Waals surface area contributed by atoms with E-state index in [0.29, 0.717) is 5.88 Å². The average Bonchev–Trinajstić information content (AvgIpc) is 2.47. The molecular formula is C14H14ClN3.